The first-order valence-electron chi connectivity index (χ1n) is 18.4. The van der Waals surface area contributed by atoms with Crippen LogP contribution in [0.15, 0.2) is 0 Å². The fourth-order valence-corrected chi connectivity index (χ4v) is 11.6. The zero-order valence-corrected chi connectivity index (χ0v) is 30.6. The van der Waals surface area contributed by atoms with Gasteiger partial charge in [-0.2, -0.15) is 0 Å². The van der Waals surface area contributed by atoms with Gasteiger partial charge in [0.25, 0.3) is 0 Å². The minimum absolute atomic E-state index is 0.926. The van der Waals surface area contributed by atoms with Gasteiger partial charge in [0.1, 0.15) is 0 Å². The van der Waals surface area contributed by atoms with Crippen molar-refractivity contribution in [2.24, 2.45) is 0 Å². The van der Waals surface area contributed by atoms with Crippen molar-refractivity contribution in [3.63, 3.8) is 0 Å². The number of hydrogen-bond acceptors (Lipinski definition) is 4. The van der Waals surface area contributed by atoms with Gasteiger partial charge >= 0.3 is 0 Å². The number of hydrogen-bond donors (Lipinski definition) is 0. The highest BCUT2D eigenvalue weighted by atomic mass is 32.6. The van der Waals surface area contributed by atoms with Crippen LogP contribution < -0.4 is 0 Å². The minimum atomic E-state index is -1.03. The molecule has 0 saturated carbocycles. The SMILES string of the molecule is CCCCCCCCCCCCCCCCOS[SiH](CCC)SOCCCCCCCCCCCCCCCC. The maximum absolute atomic E-state index is 6.01. The minimum Gasteiger partial charge on any atom is -0.321 e. The van der Waals surface area contributed by atoms with E-state index in [1.165, 1.54) is 192 Å². The first-order chi connectivity index (χ1) is 19.8. The molecule has 242 valence electrons. The zero-order chi connectivity index (χ0) is 29.0. The fourth-order valence-electron chi connectivity index (χ4n) is 5.31. The maximum Gasteiger partial charge on any atom is 0.231 e. The molecule has 0 aliphatic heterocycles. The average molecular weight is 619 g/mol. The van der Waals surface area contributed by atoms with E-state index in [9.17, 15) is 0 Å². The second-order valence-corrected chi connectivity index (χ2v) is 20.0. The summed E-state index contributed by atoms with van der Waals surface area (Å²) in [6, 6.07) is 1.30. The summed E-state index contributed by atoms with van der Waals surface area (Å²) in [4.78, 5) is 0. The van der Waals surface area contributed by atoms with Crippen molar-refractivity contribution in [2.75, 3.05) is 13.2 Å². The van der Waals surface area contributed by atoms with Crippen molar-refractivity contribution >= 4 is 30.1 Å². The second kappa shape index (κ2) is 37.9. The van der Waals surface area contributed by atoms with Crippen LogP contribution in [0.5, 0.6) is 0 Å². The van der Waals surface area contributed by atoms with Crippen molar-refractivity contribution < 1.29 is 8.37 Å². The molecule has 2 nitrogen and oxygen atoms in total. The monoisotopic (exact) mass is 618 g/mol. The molecule has 0 N–H and O–H groups in total. The van der Waals surface area contributed by atoms with Gasteiger partial charge in [-0.05, 0) is 41.9 Å². The van der Waals surface area contributed by atoms with E-state index in [2.05, 4.69) is 20.8 Å². The molecule has 0 bridgehead atoms. The van der Waals surface area contributed by atoms with E-state index in [4.69, 9.17) is 8.37 Å². The van der Waals surface area contributed by atoms with Crippen LogP contribution >= 0.6 is 23.0 Å². The Kier molecular flexibility index (Phi) is 38.7. The van der Waals surface area contributed by atoms with Crippen LogP contribution in [-0.4, -0.2) is 20.3 Å². The van der Waals surface area contributed by atoms with Crippen LogP contribution in [0.2, 0.25) is 6.04 Å². The average Bonchev–Trinajstić information content (AvgIpc) is 2.96. The lowest BCUT2D eigenvalue weighted by Gasteiger charge is -2.13. The number of unbranched alkanes of at least 4 members (excludes halogenated alkanes) is 26. The van der Waals surface area contributed by atoms with Crippen molar-refractivity contribution in [1.82, 2.24) is 0 Å². The maximum atomic E-state index is 6.01. The molecule has 0 saturated heterocycles. The van der Waals surface area contributed by atoms with E-state index < -0.39 is 7.10 Å². The standard InChI is InChI=1S/C35H74O2S2Si/c1-4-7-9-11-13-15-17-19-21-23-25-27-29-31-33-36-38-40(35-6-3)39-37-34-32-30-28-26-24-22-20-18-16-14-12-10-8-5-2/h40H,4-35H2,1-3H3. The largest absolute Gasteiger partial charge is 0.321 e. The van der Waals surface area contributed by atoms with Gasteiger partial charge in [0.15, 0.2) is 0 Å². The normalized spacial score (nSPS) is 11.7. The van der Waals surface area contributed by atoms with Gasteiger partial charge in [0, 0.05) is 0 Å². The van der Waals surface area contributed by atoms with E-state index >= 15 is 0 Å². The number of rotatable bonds is 36. The summed E-state index contributed by atoms with van der Waals surface area (Å²) >= 11 is 3.59. The summed E-state index contributed by atoms with van der Waals surface area (Å²) in [6.45, 7) is 8.75. The Labute approximate surface area is 263 Å². The molecule has 0 aliphatic rings. The molecule has 0 heterocycles. The fraction of sp³-hybridized carbons (Fsp3) is 1.00. The molecule has 0 radical (unpaired) electrons. The molecule has 0 unspecified atom stereocenters. The topological polar surface area (TPSA) is 18.5 Å². The molecular formula is C35H74O2S2Si. The summed E-state index contributed by atoms with van der Waals surface area (Å²) < 4.78 is 12.0. The first kappa shape index (κ1) is 40.8. The summed E-state index contributed by atoms with van der Waals surface area (Å²) in [5.41, 5.74) is 0. The van der Waals surface area contributed by atoms with Gasteiger partial charge in [-0.15, -0.1) is 0 Å². The third-order valence-corrected chi connectivity index (χ3v) is 15.1. The van der Waals surface area contributed by atoms with Crippen LogP contribution in [0, 0.1) is 0 Å². The molecule has 5 heteroatoms. The Bertz CT molecular complexity index is 406. The van der Waals surface area contributed by atoms with E-state index in [1.807, 2.05) is 0 Å². The molecule has 40 heavy (non-hydrogen) atoms. The van der Waals surface area contributed by atoms with Gasteiger partial charge in [-0.25, -0.2) is 0 Å². The summed E-state index contributed by atoms with van der Waals surface area (Å²) in [5, 5.41) is 0. The van der Waals surface area contributed by atoms with Gasteiger partial charge < -0.3 is 8.37 Å². The van der Waals surface area contributed by atoms with E-state index in [0.717, 1.165) is 13.2 Å². The second-order valence-electron chi connectivity index (χ2n) is 12.2. The third-order valence-electron chi connectivity index (χ3n) is 8.04. The lowest BCUT2D eigenvalue weighted by Crippen LogP contribution is -2.05. The Balaban J connectivity index is 3.35. The highest BCUT2D eigenvalue weighted by molar-refractivity contribution is 8.51. The van der Waals surface area contributed by atoms with Gasteiger partial charge in [-0.3, -0.25) is 0 Å². The molecule has 0 aromatic carbocycles. The van der Waals surface area contributed by atoms with Crippen LogP contribution in [0.25, 0.3) is 0 Å². The Morgan fingerprint density at radius 2 is 0.575 bits per heavy atom. The van der Waals surface area contributed by atoms with Crippen molar-refractivity contribution in [3.05, 3.63) is 0 Å². The molecule has 0 aromatic rings. The summed E-state index contributed by atoms with van der Waals surface area (Å²) in [6.07, 6.45) is 40.8. The van der Waals surface area contributed by atoms with Gasteiger partial charge in [0.05, 0.1) is 13.2 Å². The molecular weight excluding hydrogens is 545 g/mol. The third kappa shape index (κ3) is 35.0. The predicted octanol–water partition coefficient (Wildman–Crippen LogP) is 13.9. The smallest absolute Gasteiger partial charge is 0.231 e. The Morgan fingerprint density at radius 3 is 0.825 bits per heavy atom. The Morgan fingerprint density at radius 1 is 0.325 bits per heavy atom. The highest BCUT2D eigenvalue weighted by Gasteiger charge is 2.14. The molecule has 0 fully saturated rings. The van der Waals surface area contributed by atoms with Crippen molar-refractivity contribution in [1.29, 1.82) is 0 Å². The molecule has 0 aromatic heterocycles. The molecule has 0 atom stereocenters. The van der Waals surface area contributed by atoms with Crippen LogP contribution in [-0.2, 0) is 8.37 Å². The van der Waals surface area contributed by atoms with E-state index in [-0.39, 0.29) is 0 Å². The zero-order valence-electron chi connectivity index (χ0n) is 27.8. The van der Waals surface area contributed by atoms with Gasteiger partial charge in [-0.1, -0.05) is 194 Å². The molecule has 0 amide bonds. The van der Waals surface area contributed by atoms with Crippen LogP contribution in [0.1, 0.15) is 207 Å². The lowest BCUT2D eigenvalue weighted by molar-refractivity contribution is 0.356. The van der Waals surface area contributed by atoms with Crippen LogP contribution in [0.3, 0.4) is 0 Å². The van der Waals surface area contributed by atoms with E-state index in [0.29, 0.717) is 0 Å². The Hall–Kier alpha value is 0.837. The van der Waals surface area contributed by atoms with Crippen LogP contribution in [0.4, 0.5) is 0 Å². The quantitative estimate of drug-likeness (QED) is 0.0395. The van der Waals surface area contributed by atoms with Crippen molar-refractivity contribution in [2.45, 2.75) is 213 Å². The van der Waals surface area contributed by atoms with E-state index in [1.54, 1.807) is 23.0 Å². The summed E-state index contributed by atoms with van der Waals surface area (Å²) in [7, 11) is -1.03. The predicted molar refractivity (Wildman–Crippen MR) is 190 cm³/mol. The molecule has 0 rings (SSSR count). The molecule has 0 spiro atoms. The highest BCUT2D eigenvalue weighted by Crippen LogP contribution is 2.27. The molecule has 0 aliphatic carbocycles. The van der Waals surface area contributed by atoms with Crippen molar-refractivity contribution in [3.8, 4) is 0 Å². The summed E-state index contributed by atoms with van der Waals surface area (Å²) in [5.74, 6) is 0. The lowest BCUT2D eigenvalue weighted by atomic mass is 10.0. The first-order valence-corrected chi connectivity index (χ1v) is 23.7. The van der Waals surface area contributed by atoms with Gasteiger partial charge in [0.2, 0.25) is 7.10 Å².